The molecule has 0 aliphatic heterocycles. The summed E-state index contributed by atoms with van der Waals surface area (Å²) in [7, 11) is 4.00. The molecular formula is C17H22ClN5O. The Balaban J connectivity index is 2.00. The van der Waals surface area contributed by atoms with Crippen LogP contribution in [-0.2, 0) is 0 Å². The molecule has 128 valence electrons. The summed E-state index contributed by atoms with van der Waals surface area (Å²) in [6.45, 7) is 3.50. The molecule has 0 bridgehead atoms. The van der Waals surface area contributed by atoms with E-state index in [1.807, 2.05) is 39.2 Å². The zero-order chi connectivity index (χ0) is 17.5. The van der Waals surface area contributed by atoms with Gasteiger partial charge in [0.2, 0.25) is 0 Å². The highest BCUT2D eigenvalue weighted by molar-refractivity contribution is 6.30. The second kappa shape index (κ2) is 8.61. The number of hydrogen-bond acceptors (Lipinski definition) is 5. The molecule has 24 heavy (non-hydrogen) atoms. The van der Waals surface area contributed by atoms with Gasteiger partial charge in [0.1, 0.15) is 17.8 Å². The van der Waals surface area contributed by atoms with E-state index in [1.165, 1.54) is 6.33 Å². The summed E-state index contributed by atoms with van der Waals surface area (Å²) >= 11 is 6.02. The molecule has 6 nitrogen and oxygen atoms in total. The van der Waals surface area contributed by atoms with Crippen molar-refractivity contribution < 1.29 is 4.79 Å². The number of benzene rings is 1. The molecule has 0 radical (unpaired) electrons. The fraction of sp³-hybridized carbons (Fsp3) is 0.353. The average molecular weight is 348 g/mol. The van der Waals surface area contributed by atoms with Crippen LogP contribution in [0.4, 0.5) is 11.5 Å². The van der Waals surface area contributed by atoms with E-state index >= 15 is 0 Å². The molecule has 0 aliphatic rings. The van der Waals surface area contributed by atoms with E-state index in [1.54, 1.807) is 6.07 Å². The second-order valence-electron chi connectivity index (χ2n) is 5.79. The topological polar surface area (TPSA) is 70.2 Å². The number of carbonyl (C=O) groups is 1. The summed E-state index contributed by atoms with van der Waals surface area (Å²) in [6.07, 6.45) is 2.26. The molecule has 0 aliphatic carbocycles. The highest BCUT2D eigenvalue weighted by Gasteiger charge is 2.09. The predicted octanol–water partition coefficient (Wildman–Crippen LogP) is 2.86. The molecule has 1 aromatic heterocycles. The molecule has 1 aromatic carbocycles. The Bertz CT molecular complexity index is 705. The largest absolute Gasteiger partial charge is 0.351 e. The molecule has 0 saturated heterocycles. The lowest BCUT2D eigenvalue weighted by Crippen LogP contribution is -2.27. The Hall–Kier alpha value is -2.18. The van der Waals surface area contributed by atoms with Gasteiger partial charge in [-0.1, -0.05) is 17.7 Å². The molecule has 2 rings (SSSR count). The zero-order valence-corrected chi connectivity index (χ0v) is 14.9. The number of aromatic nitrogens is 2. The van der Waals surface area contributed by atoms with Crippen molar-refractivity contribution in [2.24, 2.45) is 0 Å². The van der Waals surface area contributed by atoms with Crippen LogP contribution in [0.15, 0.2) is 30.6 Å². The van der Waals surface area contributed by atoms with Gasteiger partial charge in [0, 0.05) is 23.3 Å². The van der Waals surface area contributed by atoms with Crippen LogP contribution in [0.5, 0.6) is 0 Å². The normalized spacial score (nSPS) is 10.7. The first kappa shape index (κ1) is 18.2. The van der Waals surface area contributed by atoms with Crippen LogP contribution in [-0.4, -0.2) is 48.0 Å². The van der Waals surface area contributed by atoms with Crippen LogP contribution in [0.3, 0.4) is 0 Å². The van der Waals surface area contributed by atoms with Crippen LogP contribution >= 0.6 is 11.6 Å². The second-order valence-corrected chi connectivity index (χ2v) is 6.22. The Morgan fingerprint density at radius 2 is 2.04 bits per heavy atom. The number of hydrogen-bond donors (Lipinski definition) is 2. The molecule has 1 amide bonds. The summed E-state index contributed by atoms with van der Waals surface area (Å²) in [5.74, 6) is 0.343. The molecule has 2 N–H and O–H groups in total. The van der Waals surface area contributed by atoms with Crippen molar-refractivity contribution >= 4 is 29.0 Å². The number of halogens is 1. The molecule has 2 aromatic rings. The Morgan fingerprint density at radius 3 is 2.79 bits per heavy atom. The number of nitrogens with one attached hydrogen (secondary N) is 2. The maximum Gasteiger partial charge on any atom is 0.270 e. The molecule has 0 spiro atoms. The van der Waals surface area contributed by atoms with E-state index in [-0.39, 0.29) is 5.91 Å². The van der Waals surface area contributed by atoms with Crippen molar-refractivity contribution in [3.05, 3.63) is 46.9 Å². The standard InChI is InChI=1S/C17H22ClN5O/c1-12-5-6-13(18)9-14(12)22-16-10-15(20-11-21-16)17(24)19-7-4-8-23(2)3/h5-6,9-11H,4,7-8H2,1-3H3,(H,19,24)(H,20,21,22). The molecule has 1 heterocycles. The highest BCUT2D eigenvalue weighted by Crippen LogP contribution is 2.23. The third-order valence-electron chi connectivity index (χ3n) is 3.43. The van der Waals surface area contributed by atoms with E-state index in [0.717, 1.165) is 24.2 Å². The Kier molecular flexibility index (Phi) is 6.52. The number of anilines is 2. The van der Waals surface area contributed by atoms with Gasteiger partial charge < -0.3 is 15.5 Å². The fourth-order valence-electron chi connectivity index (χ4n) is 2.10. The van der Waals surface area contributed by atoms with Gasteiger partial charge in [0.25, 0.3) is 5.91 Å². The van der Waals surface area contributed by atoms with Gasteiger partial charge in [-0.3, -0.25) is 4.79 Å². The number of rotatable bonds is 7. The van der Waals surface area contributed by atoms with Gasteiger partial charge >= 0.3 is 0 Å². The predicted molar refractivity (Wildman–Crippen MR) is 97.0 cm³/mol. The first-order valence-electron chi connectivity index (χ1n) is 7.74. The molecular weight excluding hydrogens is 326 g/mol. The maximum absolute atomic E-state index is 12.2. The van der Waals surface area contributed by atoms with Crippen molar-refractivity contribution in [2.45, 2.75) is 13.3 Å². The Labute approximate surface area is 147 Å². The van der Waals surface area contributed by atoms with Gasteiger partial charge in [0.15, 0.2) is 0 Å². The van der Waals surface area contributed by atoms with Crippen molar-refractivity contribution in [3.8, 4) is 0 Å². The van der Waals surface area contributed by atoms with Crippen LogP contribution < -0.4 is 10.6 Å². The molecule has 0 saturated carbocycles. The van der Waals surface area contributed by atoms with Crippen LogP contribution in [0, 0.1) is 6.92 Å². The number of nitrogens with zero attached hydrogens (tertiary/aromatic N) is 3. The third-order valence-corrected chi connectivity index (χ3v) is 3.66. The van der Waals surface area contributed by atoms with Gasteiger partial charge in [-0.15, -0.1) is 0 Å². The van der Waals surface area contributed by atoms with Crippen molar-refractivity contribution in [3.63, 3.8) is 0 Å². The number of amides is 1. The maximum atomic E-state index is 12.2. The van der Waals surface area contributed by atoms with Crippen molar-refractivity contribution in [1.82, 2.24) is 20.2 Å². The number of aryl methyl sites for hydroxylation is 1. The van der Waals surface area contributed by atoms with E-state index in [9.17, 15) is 4.79 Å². The minimum Gasteiger partial charge on any atom is -0.351 e. The molecule has 0 atom stereocenters. The van der Waals surface area contributed by atoms with Crippen LogP contribution in [0.25, 0.3) is 0 Å². The molecule has 0 fully saturated rings. The quantitative estimate of drug-likeness (QED) is 0.754. The summed E-state index contributed by atoms with van der Waals surface area (Å²) in [4.78, 5) is 22.4. The van der Waals surface area contributed by atoms with E-state index < -0.39 is 0 Å². The van der Waals surface area contributed by atoms with Gasteiger partial charge in [-0.05, 0) is 51.7 Å². The highest BCUT2D eigenvalue weighted by atomic mass is 35.5. The Morgan fingerprint density at radius 1 is 1.25 bits per heavy atom. The van der Waals surface area contributed by atoms with E-state index in [4.69, 9.17) is 11.6 Å². The lowest BCUT2D eigenvalue weighted by Gasteiger charge is -2.11. The first-order chi connectivity index (χ1) is 11.5. The van der Waals surface area contributed by atoms with Crippen LogP contribution in [0.2, 0.25) is 5.02 Å². The number of carbonyl (C=O) groups excluding carboxylic acids is 1. The van der Waals surface area contributed by atoms with E-state index in [0.29, 0.717) is 23.1 Å². The van der Waals surface area contributed by atoms with Crippen molar-refractivity contribution in [1.29, 1.82) is 0 Å². The monoisotopic (exact) mass is 347 g/mol. The summed E-state index contributed by atoms with van der Waals surface area (Å²) < 4.78 is 0. The zero-order valence-electron chi connectivity index (χ0n) is 14.1. The van der Waals surface area contributed by atoms with Crippen molar-refractivity contribution in [2.75, 3.05) is 32.5 Å². The SMILES string of the molecule is Cc1ccc(Cl)cc1Nc1cc(C(=O)NCCCN(C)C)ncn1. The minimum atomic E-state index is -0.206. The van der Waals surface area contributed by atoms with Gasteiger partial charge in [-0.25, -0.2) is 9.97 Å². The lowest BCUT2D eigenvalue weighted by molar-refractivity contribution is 0.0947. The average Bonchev–Trinajstić information content (AvgIpc) is 2.55. The summed E-state index contributed by atoms with van der Waals surface area (Å²) in [5, 5.41) is 6.66. The fourth-order valence-corrected chi connectivity index (χ4v) is 2.28. The first-order valence-corrected chi connectivity index (χ1v) is 8.11. The van der Waals surface area contributed by atoms with Gasteiger partial charge in [-0.2, -0.15) is 0 Å². The summed E-state index contributed by atoms with van der Waals surface area (Å²) in [6, 6.07) is 7.19. The molecule has 7 heteroatoms. The minimum absolute atomic E-state index is 0.206. The third kappa shape index (κ3) is 5.47. The lowest BCUT2D eigenvalue weighted by atomic mass is 10.2. The molecule has 0 unspecified atom stereocenters. The smallest absolute Gasteiger partial charge is 0.270 e. The van der Waals surface area contributed by atoms with Crippen LogP contribution in [0.1, 0.15) is 22.5 Å². The van der Waals surface area contributed by atoms with E-state index in [2.05, 4.69) is 25.5 Å². The summed E-state index contributed by atoms with van der Waals surface area (Å²) in [5.41, 5.74) is 2.21. The van der Waals surface area contributed by atoms with Gasteiger partial charge in [0.05, 0.1) is 0 Å².